The molecule has 0 bridgehead atoms. The molecule has 0 aliphatic heterocycles. The lowest BCUT2D eigenvalue weighted by molar-refractivity contribution is 0.653. The van der Waals surface area contributed by atoms with Crippen LogP contribution in [0, 0.1) is 13.8 Å². The van der Waals surface area contributed by atoms with E-state index in [9.17, 15) is 0 Å². The number of rotatable bonds is 5. The molecule has 1 aromatic rings. The summed E-state index contributed by atoms with van der Waals surface area (Å²) in [5.74, 6) is 0. The first kappa shape index (κ1) is 18.9. The van der Waals surface area contributed by atoms with E-state index in [-0.39, 0.29) is 24.8 Å². The Morgan fingerprint density at radius 3 is 2.12 bits per heavy atom. The lowest BCUT2D eigenvalue weighted by Gasteiger charge is -2.19. The van der Waals surface area contributed by atoms with Gasteiger partial charge >= 0.3 is 0 Å². The van der Waals surface area contributed by atoms with Gasteiger partial charge in [0.15, 0.2) is 0 Å². The zero-order valence-corrected chi connectivity index (χ0v) is 12.7. The van der Waals surface area contributed by atoms with Crippen LogP contribution in [-0.4, -0.2) is 19.1 Å². The predicted octanol–water partition coefficient (Wildman–Crippen LogP) is 3.56. The van der Waals surface area contributed by atoms with Crippen molar-refractivity contribution in [1.82, 2.24) is 5.32 Å². The molecule has 1 atom stereocenters. The standard InChI is InChI=1S/C13H22N2.2ClH/c1-5-14-9-12(4)15-13-10(2)7-6-8-11(13)3;;/h6-8,12,14-15H,5,9H2,1-4H3;2*1H. The fourth-order valence-corrected chi connectivity index (χ4v) is 1.70. The minimum atomic E-state index is 0. The molecule has 0 saturated heterocycles. The number of hydrogen-bond donors (Lipinski definition) is 2. The van der Waals surface area contributed by atoms with Gasteiger partial charge in [-0.25, -0.2) is 0 Å². The highest BCUT2D eigenvalue weighted by Crippen LogP contribution is 2.19. The highest BCUT2D eigenvalue weighted by molar-refractivity contribution is 5.85. The molecule has 1 aromatic carbocycles. The minimum absolute atomic E-state index is 0. The van der Waals surface area contributed by atoms with E-state index in [1.54, 1.807) is 0 Å². The molecular formula is C13H24Cl2N2. The molecule has 0 saturated carbocycles. The van der Waals surface area contributed by atoms with Gasteiger partial charge in [0.2, 0.25) is 0 Å². The smallest absolute Gasteiger partial charge is 0.0402 e. The fraction of sp³-hybridized carbons (Fsp3) is 0.538. The van der Waals surface area contributed by atoms with Crippen LogP contribution in [-0.2, 0) is 0 Å². The van der Waals surface area contributed by atoms with E-state index >= 15 is 0 Å². The van der Waals surface area contributed by atoms with Gasteiger partial charge in [-0.05, 0) is 38.4 Å². The largest absolute Gasteiger partial charge is 0.381 e. The summed E-state index contributed by atoms with van der Waals surface area (Å²) < 4.78 is 0. The van der Waals surface area contributed by atoms with E-state index in [1.807, 2.05) is 0 Å². The zero-order chi connectivity index (χ0) is 11.3. The summed E-state index contributed by atoms with van der Waals surface area (Å²) in [6.07, 6.45) is 0. The van der Waals surface area contributed by atoms with Crippen LogP contribution in [0.1, 0.15) is 25.0 Å². The topological polar surface area (TPSA) is 24.1 Å². The number of hydrogen-bond acceptors (Lipinski definition) is 2. The molecule has 0 amide bonds. The second-order valence-electron chi connectivity index (χ2n) is 4.12. The third-order valence-corrected chi connectivity index (χ3v) is 2.57. The molecule has 17 heavy (non-hydrogen) atoms. The number of nitrogens with one attached hydrogen (secondary N) is 2. The van der Waals surface area contributed by atoms with Gasteiger partial charge in [0.1, 0.15) is 0 Å². The van der Waals surface area contributed by atoms with Gasteiger partial charge in [0, 0.05) is 18.3 Å². The van der Waals surface area contributed by atoms with Crippen LogP contribution in [0.15, 0.2) is 18.2 Å². The van der Waals surface area contributed by atoms with Crippen molar-refractivity contribution in [2.75, 3.05) is 18.4 Å². The number of aryl methyl sites for hydroxylation is 2. The molecule has 0 heterocycles. The highest BCUT2D eigenvalue weighted by atomic mass is 35.5. The summed E-state index contributed by atoms with van der Waals surface area (Å²) in [5, 5.41) is 6.90. The molecule has 0 aliphatic carbocycles. The monoisotopic (exact) mass is 278 g/mol. The average Bonchev–Trinajstić information content (AvgIpc) is 2.21. The van der Waals surface area contributed by atoms with Crippen LogP contribution in [0.4, 0.5) is 5.69 Å². The zero-order valence-electron chi connectivity index (χ0n) is 11.0. The Kier molecular flexibility index (Phi) is 10.7. The van der Waals surface area contributed by atoms with Gasteiger partial charge < -0.3 is 10.6 Å². The normalized spacial score (nSPS) is 11.1. The molecular weight excluding hydrogens is 255 g/mol. The van der Waals surface area contributed by atoms with E-state index in [1.165, 1.54) is 16.8 Å². The van der Waals surface area contributed by atoms with Crippen molar-refractivity contribution in [1.29, 1.82) is 0 Å². The second-order valence-corrected chi connectivity index (χ2v) is 4.12. The van der Waals surface area contributed by atoms with Gasteiger partial charge in [0.25, 0.3) is 0 Å². The SMILES string of the molecule is CCNCC(C)Nc1c(C)cccc1C.Cl.Cl. The number of para-hydroxylation sites is 1. The van der Waals surface area contributed by atoms with E-state index in [0.29, 0.717) is 6.04 Å². The minimum Gasteiger partial charge on any atom is -0.381 e. The predicted molar refractivity (Wildman–Crippen MR) is 82.0 cm³/mol. The van der Waals surface area contributed by atoms with Crippen LogP contribution in [0.3, 0.4) is 0 Å². The molecule has 0 radical (unpaired) electrons. The Labute approximate surface area is 117 Å². The average molecular weight is 279 g/mol. The molecule has 1 unspecified atom stereocenters. The molecule has 0 spiro atoms. The molecule has 2 nitrogen and oxygen atoms in total. The fourth-order valence-electron chi connectivity index (χ4n) is 1.70. The van der Waals surface area contributed by atoms with Crippen LogP contribution < -0.4 is 10.6 Å². The summed E-state index contributed by atoms with van der Waals surface area (Å²) in [6, 6.07) is 6.86. The highest BCUT2D eigenvalue weighted by Gasteiger charge is 2.05. The molecule has 4 heteroatoms. The van der Waals surface area contributed by atoms with Crippen LogP contribution in [0.2, 0.25) is 0 Å². The van der Waals surface area contributed by atoms with E-state index in [2.05, 4.69) is 56.5 Å². The lowest BCUT2D eigenvalue weighted by Crippen LogP contribution is -2.30. The van der Waals surface area contributed by atoms with Crippen molar-refractivity contribution in [3.05, 3.63) is 29.3 Å². The Morgan fingerprint density at radius 1 is 1.12 bits per heavy atom. The lowest BCUT2D eigenvalue weighted by atomic mass is 10.1. The van der Waals surface area contributed by atoms with E-state index < -0.39 is 0 Å². The Hall–Kier alpha value is -0.440. The van der Waals surface area contributed by atoms with Crippen molar-refractivity contribution in [3.63, 3.8) is 0 Å². The number of benzene rings is 1. The van der Waals surface area contributed by atoms with Gasteiger partial charge in [-0.1, -0.05) is 25.1 Å². The Balaban J connectivity index is 0. The Bertz CT molecular complexity index is 296. The summed E-state index contributed by atoms with van der Waals surface area (Å²) in [4.78, 5) is 0. The van der Waals surface area contributed by atoms with Gasteiger partial charge in [-0.2, -0.15) is 0 Å². The number of likely N-dealkylation sites (N-methyl/N-ethyl adjacent to an activating group) is 1. The maximum atomic E-state index is 3.55. The molecule has 2 N–H and O–H groups in total. The molecule has 100 valence electrons. The van der Waals surface area contributed by atoms with Gasteiger partial charge in [-0.15, -0.1) is 24.8 Å². The van der Waals surface area contributed by atoms with Crippen molar-refractivity contribution in [2.24, 2.45) is 0 Å². The third kappa shape index (κ3) is 6.16. The van der Waals surface area contributed by atoms with Crippen molar-refractivity contribution < 1.29 is 0 Å². The summed E-state index contributed by atoms with van der Waals surface area (Å²) in [5.41, 5.74) is 3.92. The first-order chi connectivity index (χ1) is 7.15. The van der Waals surface area contributed by atoms with Crippen molar-refractivity contribution >= 4 is 30.5 Å². The summed E-state index contributed by atoms with van der Waals surface area (Å²) in [7, 11) is 0. The molecule has 0 aliphatic rings. The van der Waals surface area contributed by atoms with Crippen molar-refractivity contribution in [2.45, 2.75) is 33.7 Å². The first-order valence-corrected chi connectivity index (χ1v) is 5.68. The first-order valence-electron chi connectivity index (χ1n) is 5.68. The maximum absolute atomic E-state index is 3.55. The number of anilines is 1. The van der Waals surface area contributed by atoms with Gasteiger partial charge in [0.05, 0.1) is 0 Å². The number of halogens is 2. The van der Waals surface area contributed by atoms with E-state index in [0.717, 1.165) is 13.1 Å². The van der Waals surface area contributed by atoms with Gasteiger partial charge in [-0.3, -0.25) is 0 Å². The van der Waals surface area contributed by atoms with Crippen LogP contribution >= 0.6 is 24.8 Å². The quantitative estimate of drug-likeness (QED) is 0.861. The Morgan fingerprint density at radius 2 is 1.65 bits per heavy atom. The summed E-state index contributed by atoms with van der Waals surface area (Å²) >= 11 is 0. The molecule has 1 rings (SSSR count). The maximum Gasteiger partial charge on any atom is 0.0402 e. The summed E-state index contributed by atoms with van der Waals surface area (Å²) in [6.45, 7) is 10.7. The van der Waals surface area contributed by atoms with E-state index in [4.69, 9.17) is 0 Å². The second kappa shape index (κ2) is 9.58. The molecule has 0 aromatic heterocycles. The van der Waals surface area contributed by atoms with Crippen LogP contribution in [0.25, 0.3) is 0 Å². The van der Waals surface area contributed by atoms with Crippen LogP contribution in [0.5, 0.6) is 0 Å². The molecule has 0 fully saturated rings. The third-order valence-electron chi connectivity index (χ3n) is 2.57. The van der Waals surface area contributed by atoms with Crippen molar-refractivity contribution in [3.8, 4) is 0 Å².